The van der Waals surface area contributed by atoms with Crippen molar-refractivity contribution in [3.63, 3.8) is 0 Å². The van der Waals surface area contributed by atoms with E-state index in [0.29, 0.717) is 6.04 Å². The van der Waals surface area contributed by atoms with Crippen molar-refractivity contribution in [3.8, 4) is 0 Å². The van der Waals surface area contributed by atoms with E-state index in [0.717, 1.165) is 16.9 Å². The number of imidazole rings is 1. The predicted molar refractivity (Wildman–Crippen MR) is 62.1 cm³/mol. The zero-order valence-electron chi connectivity index (χ0n) is 8.33. The Bertz CT molecular complexity index is 314. The lowest BCUT2D eigenvalue weighted by Gasteiger charge is -2.17. The molecule has 1 N–H and O–H groups in total. The third kappa shape index (κ3) is 2.38. The molecule has 0 aliphatic carbocycles. The van der Waals surface area contributed by atoms with Gasteiger partial charge in [0.2, 0.25) is 0 Å². The van der Waals surface area contributed by atoms with E-state index in [1.807, 2.05) is 18.0 Å². The number of aromatic nitrogens is 2. The van der Waals surface area contributed by atoms with Gasteiger partial charge in [-0.1, -0.05) is 6.92 Å². The van der Waals surface area contributed by atoms with E-state index in [-0.39, 0.29) is 0 Å². The first kappa shape index (κ1) is 10.9. The third-order valence-corrected chi connectivity index (χ3v) is 3.23. The summed E-state index contributed by atoms with van der Waals surface area (Å²) in [5.41, 5.74) is 1.23. The van der Waals surface area contributed by atoms with Crippen LogP contribution in [0.25, 0.3) is 0 Å². The first-order valence-corrected chi connectivity index (χ1v) is 6.26. The normalized spacial score (nSPS) is 13.2. The molecule has 0 saturated carbocycles. The Kier molecular flexibility index (Phi) is 4.06. The summed E-state index contributed by atoms with van der Waals surface area (Å²) in [4.78, 5) is 3.08. The molecule has 0 amide bonds. The average Bonchev–Trinajstić information content (AvgIpc) is 2.43. The number of nitrogens with zero attached hydrogens (tertiary/aromatic N) is 1. The molecular formula is C9H16N2S2. The Morgan fingerprint density at radius 3 is 2.77 bits per heavy atom. The van der Waals surface area contributed by atoms with E-state index in [1.54, 1.807) is 0 Å². The fraction of sp³-hybridized carbons (Fsp3) is 0.667. The van der Waals surface area contributed by atoms with Crippen LogP contribution in [-0.2, 0) is 0 Å². The van der Waals surface area contributed by atoms with Crippen LogP contribution in [0.1, 0.15) is 25.1 Å². The van der Waals surface area contributed by atoms with E-state index in [2.05, 4.69) is 29.7 Å². The molecule has 0 radical (unpaired) electrons. The van der Waals surface area contributed by atoms with E-state index in [9.17, 15) is 0 Å². The van der Waals surface area contributed by atoms with Crippen molar-refractivity contribution in [2.24, 2.45) is 0 Å². The number of aromatic amines is 1. The van der Waals surface area contributed by atoms with Crippen LogP contribution in [0.2, 0.25) is 0 Å². The van der Waals surface area contributed by atoms with Gasteiger partial charge >= 0.3 is 0 Å². The molecule has 1 rings (SSSR count). The van der Waals surface area contributed by atoms with Gasteiger partial charge in [0.05, 0.1) is 0 Å². The van der Waals surface area contributed by atoms with Crippen molar-refractivity contribution in [2.75, 3.05) is 12.0 Å². The highest BCUT2D eigenvalue weighted by Gasteiger charge is 2.10. The fourth-order valence-electron chi connectivity index (χ4n) is 1.49. The summed E-state index contributed by atoms with van der Waals surface area (Å²) < 4.78 is 3.06. The first-order chi connectivity index (χ1) is 6.20. The van der Waals surface area contributed by atoms with Gasteiger partial charge in [0.1, 0.15) is 0 Å². The van der Waals surface area contributed by atoms with Gasteiger partial charge < -0.3 is 9.55 Å². The molecule has 0 spiro atoms. The van der Waals surface area contributed by atoms with Crippen molar-refractivity contribution >= 4 is 24.0 Å². The van der Waals surface area contributed by atoms with Crippen LogP contribution in [-0.4, -0.2) is 21.6 Å². The summed E-state index contributed by atoms with van der Waals surface area (Å²) in [7, 11) is 0. The van der Waals surface area contributed by atoms with E-state index < -0.39 is 0 Å². The third-order valence-electron chi connectivity index (χ3n) is 2.20. The summed E-state index contributed by atoms with van der Waals surface area (Å²) in [5.74, 6) is 1.13. The summed E-state index contributed by atoms with van der Waals surface area (Å²) in [6, 6.07) is 0.536. The molecule has 1 unspecified atom stereocenters. The highest BCUT2D eigenvalue weighted by atomic mass is 32.2. The van der Waals surface area contributed by atoms with Crippen LogP contribution in [0.4, 0.5) is 0 Å². The topological polar surface area (TPSA) is 20.7 Å². The molecule has 0 aromatic carbocycles. The number of thioether (sulfide) groups is 1. The summed E-state index contributed by atoms with van der Waals surface area (Å²) in [5, 5.41) is 0. The summed E-state index contributed by atoms with van der Waals surface area (Å²) >= 11 is 7.10. The molecule has 0 saturated heterocycles. The van der Waals surface area contributed by atoms with Gasteiger partial charge in [-0.05, 0) is 31.8 Å². The van der Waals surface area contributed by atoms with Crippen molar-refractivity contribution in [2.45, 2.75) is 26.3 Å². The largest absolute Gasteiger partial charge is 0.337 e. The molecule has 0 aliphatic rings. The number of rotatable bonds is 4. The number of hydrogen-bond donors (Lipinski definition) is 1. The molecule has 74 valence electrons. The second-order valence-electron chi connectivity index (χ2n) is 3.12. The summed E-state index contributed by atoms with van der Waals surface area (Å²) in [6.07, 6.45) is 5.24. The van der Waals surface area contributed by atoms with Crippen molar-refractivity contribution in [1.82, 2.24) is 9.55 Å². The molecule has 13 heavy (non-hydrogen) atoms. The Balaban J connectivity index is 2.96. The number of H-pyrrole nitrogens is 1. The zero-order valence-corrected chi connectivity index (χ0v) is 9.97. The van der Waals surface area contributed by atoms with Crippen LogP contribution in [0.5, 0.6) is 0 Å². The van der Waals surface area contributed by atoms with Gasteiger partial charge in [-0.25, -0.2) is 0 Å². The standard InChI is InChI=1S/C9H16N2S2/c1-4-8(6-13-3)11-7(2)5-10-9(11)12/h5,8H,4,6H2,1-3H3,(H,10,12). The smallest absolute Gasteiger partial charge is 0.177 e. The highest BCUT2D eigenvalue weighted by Crippen LogP contribution is 2.18. The minimum Gasteiger partial charge on any atom is -0.337 e. The Morgan fingerprint density at radius 2 is 2.38 bits per heavy atom. The highest BCUT2D eigenvalue weighted by molar-refractivity contribution is 7.98. The predicted octanol–water partition coefficient (Wildman–Crippen LogP) is 3.17. The van der Waals surface area contributed by atoms with Crippen molar-refractivity contribution < 1.29 is 0 Å². The molecule has 1 aromatic heterocycles. The van der Waals surface area contributed by atoms with Gasteiger partial charge in [-0.3, -0.25) is 0 Å². The Morgan fingerprint density at radius 1 is 1.69 bits per heavy atom. The zero-order chi connectivity index (χ0) is 9.84. The maximum atomic E-state index is 5.23. The number of aryl methyl sites for hydroxylation is 1. The Labute approximate surface area is 88.7 Å². The minimum absolute atomic E-state index is 0.536. The van der Waals surface area contributed by atoms with Gasteiger partial charge in [0.15, 0.2) is 4.77 Å². The van der Waals surface area contributed by atoms with E-state index in [4.69, 9.17) is 12.2 Å². The van der Waals surface area contributed by atoms with E-state index >= 15 is 0 Å². The molecule has 0 aliphatic heterocycles. The SMILES string of the molecule is CCC(CSC)n1c(C)c[nH]c1=S. The van der Waals surface area contributed by atoms with Crippen LogP contribution in [0.15, 0.2) is 6.20 Å². The second-order valence-corrected chi connectivity index (χ2v) is 4.42. The lowest BCUT2D eigenvalue weighted by Crippen LogP contribution is -2.12. The molecule has 0 bridgehead atoms. The fourth-order valence-corrected chi connectivity index (χ4v) is 2.61. The van der Waals surface area contributed by atoms with Crippen LogP contribution < -0.4 is 0 Å². The van der Waals surface area contributed by atoms with Crippen LogP contribution in [0.3, 0.4) is 0 Å². The molecule has 1 heterocycles. The first-order valence-electron chi connectivity index (χ1n) is 4.46. The second kappa shape index (κ2) is 4.86. The lowest BCUT2D eigenvalue weighted by molar-refractivity contribution is 0.523. The molecular weight excluding hydrogens is 200 g/mol. The van der Waals surface area contributed by atoms with Crippen molar-refractivity contribution in [1.29, 1.82) is 0 Å². The maximum Gasteiger partial charge on any atom is 0.177 e. The van der Waals surface area contributed by atoms with Crippen molar-refractivity contribution in [3.05, 3.63) is 16.7 Å². The van der Waals surface area contributed by atoms with Gasteiger partial charge in [-0.15, -0.1) is 0 Å². The van der Waals surface area contributed by atoms with Gasteiger partial charge in [-0.2, -0.15) is 11.8 Å². The number of hydrogen-bond acceptors (Lipinski definition) is 2. The molecule has 2 nitrogen and oxygen atoms in total. The monoisotopic (exact) mass is 216 g/mol. The summed E-state index contributed by atoms with van der Waals surface area (Å²) in [6.45, 7) is 4.30. The minimum atomic E-state index is 0.536. The van der Waals surface area contributed by atoms with E-state index in [1.165, 1.54) is 5.69 Å². The van der Waals surface area contributed by atoms with Gasteiger partial charge in [0, 0.05) is 23.7 Å². The van der Waals surface area contributed by atoms with Gasteiger partial charge in [0.25, 0.3) is 0 Å². The lowest BCUT2D eigenvalue weighted by atomic mass is 10.2. The maximum absolute atomic E-state index is 5.23. The van der Waals surface area contributed by atoms with Crippen LogP contribution in [0, 0.1) is 11.7 Å². The Hall–Kier alpha value is -0.220. The molecule has 0 fully saturated rings. The molecule has 1 atom stereocenters. The quantitative estimate of drug-likeness (QED) is 0.780. The average molecular weight is 216 g/mol. The molecule has 4 heteroatoms. The number of nitrogens with one attached hydrogen (secondary N) is 1. The van der Waals surface area contributed by atoms with Crippen LogP contribution >= 0.6 is 24.0 Å². The molecule has 1 aromatic rings.